The Hall–Kier alpha value is -2.40. The summed E-state index contributed by atoms with van der Waals surface area (Å²) in [7, 11) is 1.56. The predicted octanol–water partition coefficient (Wildman–Crippen LogP) is 3.25. The number of ether oxygens (including phenoxy) is 3. The van der Waals surface area contributed by atoms with Crippen LogP contribution in [0, 0.1) is 5.41 Å². The molecule has 0 saturated heterocycles. The molecule has 0 aromatic heterocycles. The molecule has 0 radical (unpaired) electrons. The van der Waals surface area contributed by atoms with Crippen molar-refractivity contribution in [3.05, 3.63) is 54.1 Å². The van der Waals surface area contributed by atoms with Gasteiger partial charge in [0.15, 0.2) is 11.5 Å². The van der Waals surface area contributed by atoms with E-state index in [1.807, 2.05) is 30.3 Å². The quantitative estimate of drug-likeness (QED) is 0.440. The van der Waals surface area contributed by atoms with E-state index in [1.165, 1.54) is 0 Å². The molecule has 0 unspecified atom stereocenters. The number of nitrogen functional groups attached to an aromatic ring is 1. The second-order valence-corrected chi connectivity index (χ2v) is 4.61. The second-order valence-electron chi connectivity index (χ2n) is 4.61. The summed E-state index contributed by atoms with van der Waals surface area (Å²) in [6.45, 7) is 1.00. The fourth-order valence-electron chi connectivity index (χ4n) is 1.98. The zero-order valence-corrected chi connectivity index (χ0v) is 13.8. The molecule has 0 fully saturated rings. The number of hydrogen-bond donors (Lipinski definition) is 2. The Balaban J connectivity index is 0.00000264. The van der Waals surface area contributed by atoms with E-state index in [-0.39, 0.29) is 18.2 Å². The third-order valence-corrected chi connectivity index (χ3v) is 3.04. The molecule has 0 aliphatic carbocycles. The van der Waals surface area contributed by atoms with Gasteiger partial charge in [0, 0.05) is 6.42 Å². The van der Waals surface area contributed by atoms with Gasteiger partial charge in [0.25, 0.3) is 0 Å². The van der Waals surface area contributed by atoms with Gasteiger partial charge < -0.3 is 19.9 Å². The van der Waals surface area contributed by atoms with E-state index < -0.39 is 0 Å². The van der Waals surface area contributed by atoms with Crippen LogP contribution in [0.5, 0.6) is 17.2 Å². The van der Waals surface area contributed by atoms with Gasteiger partial charge in [0.2, 0.25) is 0 Å². The van der Waals surface area contributed by atoms with E-state index in [2.05, 4.69) is 0 Å². The van der Waals surface area contributed by atoms with Gasteiger partial charge in [-0.3, -0.25) is 5.41 Å². The molecular formula is C17H21ClN2O3. The van der Waals surface area contributed by atoms with Crippen molar-refractivity contribution in [1.82, 2.24) is 0 Å². The number of nitrogens with one attached hydrogen (secondary N) is 1. The molecular weight excluding hydrogens is 316 g/mol. The fraction of sp³-hybridized carbons (Fsp3) is 0.235. The Bertz CT molecular complexity index is 620. The topological polar surface area (TPSA) is 77.6 Å². The monoisotopic (exact) mass is 336 g/mol. The van der Waals surface area contributed by atoms with Crippen LogP contribution in [-0.2, 0) is 0 Å². The summed E-state index contributed by atoms with van der Waals surface area (Å²) in [5, 5.41) is 7.59. The Morgan fingerprint density at radius 3 is 2.35 bits per heavy atom. The molecule has 23 heavy (non-hydrogen) atoms. The Morgan fingerprint density at radius 2 is 1.70 bits per heavy atom. The molecule has 5 nitrogen and oxygen atoms in total. The molecule has 0 saturated carbocycles. The fourth-order valence-corrected chi connectivity index (χ4v) is 1.98. The molecule has 6 heteroatoms. The summed E-state index contributed by atoms with van der Waals surface area (Å²) in [4.78, 5) is 0. The van der Waals surface area contributed by atoms with Crippen molar-refractivity contribution >= 4 is 18.2 Å². The van der Waals surface area contributed by atoms with Crippen molar-refractivity contribution in [3.8, 4) is 17.2 Å². The Labute approximate surface area is 142 Å². The first-order valence-electron chi connectivity index (χ1n) is 7.04. The summed E-state index contributed by atoms with van der Waals surface area (Å²) in [5.74, 6) is 1.85. The molecule has 2 aromatic carbocycles. The van der Waals surface area contributed by atoms with Gasteiger partial charge in [-0.15, -0.1) is 12.4 Å². The highest BCUT2D eigenvalue weighted by Gasteiger charge is 2.12. The zero-order valence-electron chi connectivity index (χ0n) is 13.0. The largest absolute Gasteiger partial charge is 0.493 e. The summed E-state index contributed by atoms with van der Waals surface area (Å²) < 4.78 is 16.6. The van der Waals surface area contributed by atoms with Gasteiger partial charge in [-0.2, -0.15) is 0 Å². The first-order chi connectivity index (χ1) is 10.7. The third-order valence-electron chi connectivity index (χ3n) is 3.04. The highest BCUT2D eigenvalue weighted by molar-refractivity contribution is 5.98. The maximum Gasteiger partial charge on any atom is 0.172 e. The minimum atomic E-state index is -0.0468. The molecule has 0 atom stereocenters. The van der Waals surface area contributed by atoms with Crippen molar-refractivity contribution in [3.63, 3.8) is 0 Å². The third kappa shape index (κ3) is 5.38. The van der Waals surface area contributed by atoms with E-state index in [4.69, 9.17) is 25.4 Å². The maximum absolute atomic E-state index is 7.59. The van der Waals surface area contributed by atoms with Gasteiger partial charge in [0.05, 0.1) is 25.9 Å². The van der Waals surface area contributed by atoms with Crippen LogP contribution in [0.2, 0.25) is 0 Å². The van der Waals surface area contributed by atoms with Crippen molar-refractivity contribution in [1.29, 1.82) is 5.41 Å². The Morgan fingerprint density at radius 1 is 1.00 bits per heavy atom. The predicted molar refractivity (Wildman–Crippen MR) is 93.3 cm³/mol. The van der Waals surface area contributed by atoms with Crippen molar-refractivity contribution in [2.75, 3.05) is 20.3 Å². The van der Waals surface area contributed by atoms with E-state index in [0.29, 0.717) is 36.7 Å². The summed E-state index contributed by atoms with van der Waals surface area (Å²) in [5.41, 5.74) is 6.10. The molecule has 2 aromatic rings. The number of amidine groups is 1. The van der Waals surface area contributed by atoms with Gasteiger partial charge in [-0.05, 0) is 24.3 Å². The molecule has 0 aliphatic rings. The van der Waals surface area contributed by atoms with Crippen molar-refractivity contribution in [2.24, 2.45) is 5.73 Å². The zero-order chi connectivity index (χ0) is 15.8. The molecule has 0 spiro atoms. The molecule has 2 rings (SSSR count). The number of halogens is 1. The van der Waals surface area contributed by atoms with Crippen molar-refractivity contribution in [2.45, 2.75) is 6.42 Å². The number of hydrogen-bond acceptors (Lipinski definition) is 4. The molecule has 0 heterocycles. The molecule has 3 N–H and O–H groups in total. The van der Waals surface area contributed by atoms with E-state index >= 15 is 0 Å². The lowest BCUT2D eigenvalue weighted by Gasteiger charge is -2.14. The normalized spacial score (nSPS) is 9.61. The molecule has 0 aliphatic heterocycles. The molecule has 0 bridgehead atoms. The highest BCUT2D eigenvalue weighted by Crippen LogP contribution is 2.30. The first-order valence-corrected chi connectivity index (χ1v) is 7.04. The van der Waals surface area contributed by atoms with E-state index in [0.717, 1.165) is 5.75 Å². The van der Waals surface area contributed by atoms with Crippen LogP contribution in [0.15, 0.2) is 48.5 Å². The van der Waals surface area contributed by atoms with Gasteiger partial charge >= 0.3 is 0 Å². The number of methoxy groups -OCH3 is 1. The molecule has 0 amide bonds. The van der Waals surface area contributed by atoms with Crippen LogP contribution in [0.1, 0.15) is 12.0 Å². The lowest BCUT2D eigenvalue weighted by atomic mass is 10.1. The second kappa shape index (κ2) is 9.58. The average Bonchev–Trinajstić information content (AvgIpc) is 2.55. The highest BCUT2D eigenvalue weighted by atomic mass is 35.5. The summed E-state index contributed by atoms with van der Waals surface area (Å²) in [6, 6.07) is 14.9. The minimum absolute atomic E-state index is 0. The average molecular weight is 337 g/mol. The van der Waals surface area contributed by atoms with E-state index in [1.54, 1.807) is 25.3 Å². The van der Waals surface area contributed by atoms with Crippen LogP contribution >= 0.6 is 12.4 Å². The molecule has 124 valence electrons. The number of nitrogens with two attached hydrogens (primary N) is 1. The van der Waals surface area contributed by atoms with E-state index in [9.17, 15) is 0 Å². The standard InChI is InChI=1S/C17H20N2O3.ClH/c1-20-15-10-5-9-14(17(18)19)16(15)22-12-6-11-21-13-7-3-2-4-8-13;/h2-5,7-10H,6,11-12H2,1H3,(H3,18,19);1H. The summed E-state index contributed by atoms with van der Waals surface area (Å²) in [6.07, 6.45) is 0.713. The van der Waals surface area contributed by atoms with Crippen LogP contribution < -0.4 is 19.9 Å². The lowest BCUT2D eigenvalue weighted by molar-refractivity contribution is 0.240. The van der Waals surface area contributed by atoms with Crippen molar-refractivity contribution < 1.29 is 14.2 Å². The van der Waals surface area contributed by atoms with Crippen LogP contribution in [-0.4, -0.2) is 26.2 Å². The van der Waals surface area contributed by atoms with Gasteiger partial charge in [-0.1, -0.05) is 24.3 Å². The lowest BCUT2D eigenvalue weighted by Crippen LogP contribution is -2.14. The van der Waals surface area contributed by atoms with Crippen LogP contribution in [0.3, 0.4) is 0 Å². The summed E-state index contributed by atoms with van der Waals surface area (Å²) >= 11 is 0. The minimum Gasteiger partial charge on any atom is -0.493 e. The Kier molecular flexibility index (Phi) is 7.77. The van der Waals surface area contributed by atoms with Crippen LogP contribution in [0.4, 0.5) is 0 Å². The number of rotatable bonds is 8. The number of benzene rings is 2. The first kappa shape index (κ1) is 18.6. The van der Waals surface area contributed by atoms with Gasteiger partial charge in [-0.25, -0.2) is 0 Å². The SMILES string of the molecule is COc1cccc(C(=N)N)c1OCCCOc1ccccc1.Cl. The number of para-hydroxylation sites is 2. The van der Waals surface area contributed by atoms with Crippen LogP contribution in [0.25, 0.3) is 0 Å². The maximum atomic E-state index is 7.59. The smallest absolute Gasteiger partial charge is 0.172 e. The van der Waals surface area contributed by atoms with Gasteiger partial charge in [0.1, 0.15) is 11.6 Å².